The summed E-state index contributed by atoms with van der Waals surface area (Å²) in [5, 5.41) is 22.4. The fraction of sp³-hybridized carbons (Fsp3) is 0.292. The topological polar surface area (TPSA) is 222 Å². The Morgan fingerprint density at radius 2 is 2.05 bits per heavy atom. The van der Waals surface area contributed by atoms with E-state index in [1.54, 1.807) is 22.9 Å². The van der Waals surface area contributed by atoms with Crippen molar-refractivity contribution < 1.29 is 31.5 Å². The third kappa shape index (κ3) is 6.39. The zero-order valence-electron chi connectivity index (χ0n) is 21.8. The molecule has 1 aliphatic rings. The summed E-state index contributed by atoms with van der Waals surface area (Å²) in [6, 6.07) is 8.22. The number of aryl methyl sites for hydroxylation is 1. The Morgan fingerprint density at radius 1 is 1.29 bits per heavy atom. The summed E-state index contributed by atoms with van der Waals surface area (Å²) >= 11 is 0. The van der Waals surface area contributed by atoms with Crippen LogP contribution in [0.5, 0.6) is 5.75 Å². The molecule has 4 rings (SSSR count). The van der Waals surface area contributed by atoms with Crippen molar-refractivity contribution in [2.24, 2.45) is 10.3 Å². The van der Waals surface area contributed by atoms with Gasteiger partial charge in [0.1, 0.15) is 28.5 Å². The average molecular weight is 604 g/mol. The summed E-state index contributed by atoms with van der Waals surface area (Å²) in [5.41, 5.74) is -1.11. The third-order valence-electron chi connectivity index (χ3n) is 5.80. The van der Waals surface area contributed by atoms with Gasteiger partial charge in [-0.15, -0.1) is 4.40 Å². The van der Waals surface area contributed by atoms with Crippen molar-refractivity contribution in [3.63, 3.8) is 0 Å². The maximum Gasteiger partial charge on any atom is 0.422 e. The lowest BCUT2D eigenvalue weighted by atomic mass is 10.1. The van der Waals surface area contributed by atoms with Crippen LogP contribution in [0.3, 0.4) is 0 Å². The number of aromatic hydroxyl groups is 1. The lowest BCUT2D eigenvalue weighted by molar-refractivity contribution is 0.155. The minimum Gasteiger partial charge on any atom is -0.506 e. The van der Waals surface area contributed by atoms with E-state index < -0.39 is 48.4 Å². The first-order chi connectivity index (χ1) is 19.3. The lowest BCUT2D eigenvalue weighted by Gasteiger charge is -2.21. The van der Waals surface area contributed by atoms with Gasteiger partial charge in [-0.05, 0) is 42.7 Å². The van der Waals surface area contributed by atoms with E-state index >= 15 is 0 Å². The van der Waals surface area contributed by atoms with Gasteiger partial charge in [-0.1, -0.05) is 13.8 Å². The first kappa shape index (κ1) is 29.3. The van der Waals surface area contributed by atoms with Crippen LogP contribution >= 0.6 is 0 Å². The molecular formula is C24H25N7O8S2. The average Bonchev–Trinajstić information content (AvgIpc) is 2.88. The molecule has 41 heavy (non-hydrogen) atoms. The molecule has 15 nitrogen and oxygen atoms in total. The van der Waals surface area contributed by atoms with Crippen LogP contribution in [0.15, 0.2) is 50.6 Å². The molecule has 0 spiro atoms. The number of anilines is 2. The molecule has 0 fully saturated rings. The van der Waals surface area contributed by atoms with Gasteiger partial charge in [0.15, 0.2) is 5.84 Å². The number of nitrogens with zero attached hydrogens (tertiary/aromatic N) is 4. The highest BCUT2D eigenvalue weighted by molar-refractivity contribution is 7.91. The number of amidine groups is 1. The van der Waals surface area contributed by atoms with Gasteiger partial charge >= 0.3 is 16.3 Å². The smallest absolute Gasteiger partial charge is 0.422 e. The number of carbonyl (C=O) groups excluding carboxylic acids is 1. The van der Waals surface area contributed by atoms with Crippen molar-refractivity contribution in [2.45, 2.75) is 38.1 Å². The highest BCUT2D eigenvalue weighted by atomic mass is 32.2. The van der Waals surface area contributed by atoms with E-state index in [1.165, 1.54) is 22.9 Å². The van der Waals surface area contributed by atoms with Gasteiger partial charge in [-0.25, -0.2) is 14.5 Å². The normalized spacial score (nSPS) is 14.0. The van der Waals surface area contributed by atoms with Crippen LogP contribution < -0.4 is 20.3 Å². The number of carbonyl (C=O) groups is 1. The lowest BCUT2D eigenvalue weighted by Crippen LogP contribution is -2.36. The zero-order chi connectivity index (χ0) is 29.9. The zero-order valence-corrected chi connectivity index (χ0v) is 23.4. The summed E-state index contributed by atoms with van der Waals surface area (Å²) in [6.07, 6.45) is 0.613. The molecule has 17 heteroatoms. The summed E-state index contributed by atoms with van der Waals surface area (Å²) in [6.45, 7) is 3.89. The van der Waals surface area contributed by atoms with Gasteiger partial charge in [0, 0.05) is 12.7 Å². The predicted octanol–water partition coefficient (Wildman–Crippen LogP) is 2.01. The molecule has 0 aliphatic carbocycles. The van der Waals surface area contributed by atoms with E-state index in [0.29, 0.717) is 6.42 Å². The monoisotopic (exact) mass is 603 g/mol. The Kier molecular flexibility index (Phi) is 8.17. The van der Waals surface area contributed by atoms with E-state index in [4.69, 9.17) is 5.26 Å². The molecule has 1 aliphatic heterocycles. The number of nitrogens with one attached hydrogen (secondary N) is 3. The molecule has 0 bridgehead atoms. The molecule has 2 aromatic heterocycles. The van der Waals surface area contributed by atoms with Crippen LogP contribution in [-0.2, 0) is 31.5 Å². The molecule has 0 unspecified atom stereocenters. The van der Waals surface area contributed by atoms with Crippen LogP contribution in [0.1, 0.15) is 32.3 Å². The molecule has 0 radical (unpaired) electrons. The number of benzene rings is 1. The second kappa shape index (κ2) is 11.4. The molecule has 1 amide bonds. The van der Waals surface area contributed by atoms with Crippen molar-refractivity contribution >= 4 is 54.6 Å². The predicted molar refractivity (Wildman–Crippen MR) is 148 cm³/mol. The number of aromatic nitrogens is 2. The van der Waals surface area contributed by atoms with E-state index in [9.17, 15) is 31.5 Å². The van der Waals surface area contributed by atoms with Gasteiger partial charge < -0.3 is 15.2 Å². The Labute approximate surface area is 234 Å². The van der Waals surface area contributed by atoms with Gasteiger partial charge in [0.2, 0.25) is 0 Å². The van der Waals surface area contributed by atoms with Crippen molar-refractivity contribution in [3.8, 4) is 11.8 Å². The molecule has 1 aromatic carbocycles. The fourth-order valence-corrected chi connectivity index (χ4v) is 5.83. The van der Waals surface area contributed by atoms with E-state index in [-0.39, 0.29) is 53.5 Å². The second-order valence-electron chi connectivity index (χ2n) is 9.24. The minimum atomic E-state index is -4.53. The number of sulfonamides is 1. The van der Waals surface area contributed by atoms with Crippen molar-refractivity contribution in [1.82, 2.24) is 14.3 Å². The van der Waals surface area contributed by atoms with Crippen molar-refractivity contribution in [1.29, 1.82) is 5.26 Å². The number of ether oxygens (including phenoxy) is 1. The van der Waals surface area contributed by atoms with Gasteiger partial charge in [-0.3, -0.25) is 14.1 Å². The summed E-state index contributed by atoms with van der Waals surface area (Å²) < 4.78 is 64.0. The van der Waals surface area contributed by atoms with E-state index in [0.717, 1.165) is 6.07 Å². The molecule has 3 aromatic rings. The number of nitriles is 1. The van der Waals surface area contributed by atoms with E-state index in [2.05, 4.69) is 19.4 Å². The second-order valence-corrected chi connectivity index (χ2v) is 12.2. The number of hydrogen-bond donors (Lipinski definition) is 4. The van der Waals surface area contributed by atoms with Crippen LogP contribution in [0, 0.1) is 17.2 Å². The van der Waals surface area contributed by atoms with Crippen LogP contribution in [0.25, 0.3) is 11.0 Å². The Morgan fingerprint density at radius 3 is 2.76 bits per heavy atom. The highest BCUT2D eigenvalue weighted by Gasteiger charge is 2.31. The Bertz CT molecular complexity index is 1880. The molecule has 4 N–H and O–H groups in total. The van der Waals surface area contributed by atoms with Crippen molar-refractivity contribution in [2.75, 3.05) is 16.6 Å². The quantitative estimate of drug-likeness (QED) is 0.259. The van der Waals surface area contributed by atoms with Crippen LogP contribution in [0.2, 0.25) is 0 Å². The maximum atomic E-state index is 13.5. The van der Waals surface area contributed by atoms with Crippen molar-refractivity contribution in [3.05, 3.63) is 52.4 Å². The Hall–Kier alpha value is -4.69. The highest BCUT2D eigenvalue weighted by Crippen LogP contribution is 2.33. The SMILES string of the molecule is CC(C)CCn1c(=O)c(C2=NS(=O)(=O)c3cc(NS(=O)(=O)NC(=O)OCCC#N)ccc3N2)c(O)c2cccnc21. The van der Waals surface area contributed by atoms with E-state index in [1.807, 2.05) is 18.6 Å². The van der Waals surface area contributed by atoms with Gasteiger partial charge in [0.05, 0.1) is 29.3 Å². The Balaban J connectivity index is 1.69. The molecular weight excluding hydrogens is 578 g/mol. The van der Waals surface area contributed by atoms with Crippen LogP contribution in [0.4, 0.5) is 16.2 Å². The number of pyridine rings is 2. The number of fused-ring (bicyclic) bond motifs is 2. The minimum absolute atomic E-state index is 0.0411. The summed E-state index contributed by atoms with van der Waals surface area (Å²) in [4.78, 5) is 29.0. The molecule has 216 valence electrons. The summed E-state index contributed by atoms with van der Waals surface area (Å²) in [5.74, 6) is -0.675. The third-order valence-corrected chi connectivity index (χ3v) is 8.06. The maximum absolute atomic E-state index is 13.5. The standard InChI is InChI=1S/C24H25N7O8S2/c1-14(2)8-11-31-22-16(5-3-10-26-22)20(32)19(23(31)33)21-27-17-7-6-15(13-18(17)40(35,36)29-21)28-41(37,38)30-24(34)39-12-4-9-25/h3,5-7,10,13-14,28,32H,4,8,11-12H2,1-2H3,(H,27,29)(H,30,34). The number of amides is 1. The molecule has 0 saturated heterocycles. The number of hydrogen-bond acceptors (Lipinski definition) is 11. The summed E-state index contributed by atoms with van der Waals surface area (Å²) in [7, 11) is -9.04. The molecule has 0 atom stereocenters. The number of rotatable bonds is 9. The first-order valence-corrected chi connectivity index (χ1v) is 15.1. The van der Waals surface area contributed by atoms with Crippen LogP contribution in [-0.4, -0.2) is 50.0 Å². The molecule has 3 heterocycles. The first-order valence-electron chi connectivity index (χ1n) is 12.1. The molecule has 0 saturated carbocycles. The largest absolute Gasteiger partial charge is 0.506 e. The fourth-order valence-electron chi connectivity index (χ4n) is 3.91. The van der Waals surface area contributed by atoms with Gasteiger partial charge in [0.25, 0.3) is 15.6 Å². The van der Waals surface area contributed by atoms with Gasteiger partial charge in [-0.2, -0.15) is 22.1 Å².